The molecule has 0 bridgehead atoms. The van der Waals surface area contributed by atoms with Crippen LogP contribution in [0, 0.1) is 12.8 Å². The second-order valence-electron chi connectivity index (χ2n) is 8.45. The molecule has 3 aromatic rings. The minimum atomic E-state index is -0.236. The van der Waals surface area contributed by atoms with E-state index in [0.717, 1.165) is 16.9 Å². The van der Waals surface area contributed by atoms with E-state index in [9.17, 15) is 9.59 Å². The van der Waals surface area contributed by atoms with Gasteiger partial charge in [-0.2, -0.15) is 0 Å². The van der Waals surface area contributed by atoms with E-state index < -0.39 is 0 Å². The molecule has 176 valence electrons. The first-order valence-electron chi connectivity index (χ1n) is 10.9. The molecule has 4 rings (SSSR count). The molecule has 1 amide bonds. The van der Waals surface area contributed by atoms with Crippen molar-refractivity contribution in [1.29, 1.82) is 0 Å². The van der Waals surface area contributed by atoms with Crippen molar-refractivity contribution >= 4 is 51.7 Å². The zero-order valence-electron chi connectivity index (χ0n) is 19.5. The van der Waals surface area contributed by atoms with Gasteiger partial charge in [-0.15, -0.1) is 0 Å². The number of fused-ring (bicyclic) bond motifs is 1. The number of thioether (sulfide) groups is 1. The van der Waals surface area contributed by atoms with Crippen LogP contribution in [0.25, 0.3) is 11.7 Å². The number of aryl methyl sites for hydroxylation is 1. The molecule has 1 saturated heterocycles. The monoisotopic (exact) mass is 494 g/mol. The van der Waals surface area contributed by atoms with Crippen molar-refractivity contribution in [3.63, 3.8) is 0 Å². The average Bonchev–Trinajstić information content (AvgIpc) is 3.08. The summed E-state index contributed by atoms with van der Waals surface area (Å²) in [5, 5.41) is 3.29. The Labute approximate surface area is 207 Å². The van der Waals surface area contributed by atoms with Gasteiger partial charge in [0.25, 0.3) is 11.5 Å². The number of methoxy groups -OCH3 is 1. The highest BCUT2D eigenvalue weighted by molar-refractivity contribution is 8.26. The first-order chi connectivity index (χ1) is 16.3. The number of thiocarbonyl (C=S) groups is 1. The van der Waals surface area contributed by atoms with E-state index in [1.165, 1.54) is 16.2 Å². The quantitative estimate of drug-likeness (QED) is 0.383. The van der Waals surface area contributed by atoms with E-state index in [1.54, 1.807) is 24.3 Å². The highest BCUT2D eigenvalue weighted by Crippen LogP contribution is 2.34. The number of aromatic nitrogens is 2. The third-order valence-electron chi connectivity index (χ3n) is 5.41. The molecule has 34 heavy (non-hydrogen) atoms. The number of nitrogens with zero attached hydrogens (tertiary/aromatic N) is 3. The van der Waals surface area contributed by atoms with Crippen molar-refractivity contribution in [2.24, 2.45) is 5.92 Å². The molecule has 3 heterocycles. The number of carbonyl (C=O) groups is 1. The molecule has 2 aromatic heterocycles. The Morgan fingerprint density at radius 2 is 1.94 bits per heavy atom. The van der Waals surface area contributed by atoms with Crippen molar-refractivity contribution in [1.82, 2.24) is 14.3 Å². The number of amides is 1. The molecule has 7 nitrogen and oxygen atoms in total. The van der Waals surface area contributed by atoms with Crippen LogP contribution in [0.1, 0.15) is 30.5 Å². The van der Waals surface area contributed by atoms with Crippen molar-refractivity contribution in [3.05, 3.63) is 74.5 Å². The molecule has 1 aromatic carbocycles. The zero-order chi connectivity index (χ0) is 24.4. The van der Waals surface area contributed by atoms with Gasteiger partial charge >= 0.3 is 0 Å². The van der Waals surface area contributed by atoms with Gasteiger partial charge in [0.1, 0.15) is 21.5 Å². The number of nitrogens with one attached hydrogen (secondary N) is 1. The van der Waals surface area contributed by atoms with Gasteiger partial charge in [0, 0.05) is 12.7 Å². The van der Waals surface area contributed by atoms with Crippen LogP contribution in [0.3, 0.4) is 0 Å². The summed E-state index contributed by atoms with van der Waals surface area (Å²) >= 11 is 6.69. The minimum absolute atomic E-state index is 0.227. The summed E-state index contributed by atoms with van der Waals surface area (Å²) in [4.78, 5) is 33.3. The molecular formula is C25H26N4O3S2. The largest absolute Gasteiger partial charge is 0.497 e. The SMILES string of the molecule is COc1ccc(CN2C(=O)/C(=C\c3c(NCC(C)C)nc4c(C)cccn4c3=O)SC2=S)cc1. The maximum Gasteiger partial charge on any atom is 0.267 e. The maximum atomic E-state index is 13.4. The topological polar surface area (TPSA) is 75.9 Å². The van der Waals surface area contributed by atoms with Gasteiger partial charge in [-0.1, -0.05) is 56.0 Å². The molecule has 1 N–H and O–H groups in total. The van der Waals surface area contributed by atoms with Gasteiger partial charge in [0.2, 0.25) is 0 Å². The van der Waals surface area contributed by atoms with E-state index in [1.807, 2.05) is 43.3 Å². The van der Waals surface area contributed by atoms with Crippen molar-refractivity contribution in [2.75, 3.05) is 19.0 Å². The normalized spacial score (nSPS) is 15.1. The summed E-state index contributed by atoms with van der Waals surface area (Å²) in [7, 11) is 1.61. The molecule has 0 saturated carbocycles. The predicted octanol–water partition coefficient (Wildman–Crippen LogP) is 4.48. The molecule has 9 heteroatoms. The number of anilines is 1. The lowest BCUT2D eigenvalue weighted by atomic mass is 10.2. The molecule has 1 aliphatic rings. The lowest BCUT2D eigenvalue weighted by molar-refractivity contribution is -0.122. The highest BCUT2D eigenvalue weighted by atomic mass is 32.2. The Morgan fingerprint density at radius 3 is 2.62 bits per heavy atom. The van der Waals surface area contributed by atoms with Crippen molar-refractivity contribution in [2.45, 2.75) is 27.3 Å². The fourth-order valence-corrected chi connectivity index (χ4v) is 4.80. The Bertz CT molecular complexity index is 1350. The van der Waals surface area contributed by atoms with Gasteiger partial charge in [-0.25, -0.2) is 4.98 Å². The van der Waals surface area contributed by atoms with Gasteiger partial charge in [-0.3, -0.25) is 18.9 Å². The Balaban J connectivity index is 1.71. The number of pyridine rings is 1. The van der Waals surface area contributed by atoms with Crippen LogP contribution in [-0.2, 0) is 11.3 Å². The molecule has 0 spiro atoms. The number of hydrogen-bond donors (Lipinski definition) is 1. The van der Waals surface area contributed by atoms with Crippen LogP contribution in [0.2, 0.25) is 0 Å². The summed E-state index contributed by atoms with van der Waals surface area (Å²) in [6.07, 6.45) is 3.30. The second kappa shape index (κ2) is 9.99. The standard InChI is InChI=1S/C25H26N4O3S2/c1-15(2)13-26-21-19(23(30)28-11-5-6-16(3)22(28)27-21)12-20-24(31)29(25(33)34-20)14-17-7-9-18(32-4)10-8-17/h5-12,15,26H,13-14H2,1-4H3/b20-12+. The van der Waals surface area contributed by atoms with E-state index >= 15 is 0 Å². The number of benzene rings is 1. The van der Waals surface area contributed by atoms with Crippen LogP contribution >= 0.6 is 24.0 Å². The van der Waals surface area contributed by atoms with Gasteiger partial charge < -0.3 is 10.1 Å². The Morgan fingerprint density at radius 1 is 1.21 bits per heavy atom. The van der Waals surface area contributed by atoms with Crippen molar-refractivity contribution in [3.8, 4) is 5.75 Å². The van der Waals surface area contributed by atoms with Gasteiger partial charge in [-0.05, 0) is 48.2 Å². The van der Waals surface area contributed by atoms with E-state index in [4.69, 9.17) is 21.9 Å². The van der Waals surface area contributed by atoms with Gasteiger partial charge in [0.15, 0.2) is 0 Å². The lowest BCUT2D eigenvalue weighted by Crippen LogP contribution is -2.27. The summed E-state index contributed by atoms with van der Waals surface area (Å²) in [5.41, 5.74) is 2.52. The average molecular weight is 495 g/mol. The maximum absolute atomic E-state index is 13.4. The van der Waals surface area contributed by atoms with E-state index in [0.29, 0.717) is 45.3 Å². The molecule has 0 unspecified atom stereocenters. The fourth-order valence-electron chi connectivity index (χ4n) is 3.56. The summed E-state index contributed by atoms with van der Waals surface area (Å²) < 4.78 is 7.16. The molecule has 0 atom stereocenters. The second-order valence-corrected chi connectivity index (χ2v) is 10.1. The number of hydrogen-bond acceptors (Lipinski definition) is 7. The first kappa shape index (κ1) is 24.0. The van der Waals surface area contributed by atoms with Crippen LogP contribution < -0.4 is 15.6 Å². The number of carbonyl (C=O) groups excluding carboxylic acids is 1. The summed E-state index contributed by atoms with van der Waals surface area (Å²) in [6, 6.07) is 11.2. The van der Waals surface area contributed by atoms with E-state index in [-0.39, 0.29) is 11.5 Å². The minimum Gasteiger partial charge on any atom is -0.497 e. The van der Waals surface area contributed by atoms with Crippen LogP contribution in [0.15, 0.2) is 52.3 Å². The third kappa shape index (κ3) is 4.85. The molecule has 1 fully saturated rings. The fraction of sp³-hybridized carbons (Fsp3) is 0.280. The van der Waals surface area contributed by atoms with Crippen LogP contribution in [-0.4, -0.2) is 38.2 Å². The Kier molecular flexibility index (Phi) is 7.04. The molecule has 0 radical (unpaired) electrons. The van der Waals surface area contributed by atoms with E-state index in [2.05, 4.69) is 19.2 Å². The van der Waals surface area contributed by atoms with Crippen LogP contribution in [0.5, 0.6) is 5.75 Å². The van der Waals surface area contributed by atoms with Crippen molar-refractivity contribution < 1.29 is 9.53 Å². The molecular weight excluding hydrogens is 468 g/mol. The zero-order valence-corrected chi connectivity index (χ0v) is 21.1. The summed E-state index contributed by atoms with van der Waals surface area (Å²) in [6.45, 7) is 7.07. The third-order valence-corrected chi connectivity index (χ3v) is 6.79. The molecule has 1 aliphatic heterocycles. The first-order valence-corrected chi connectivity index (χ1v) is 12.1. The highest BCUT2D eigenvalue weighted by Gasteiger charge is 2.32. The Hall–Kier alpha value is -3.17. The number of rotatable bonds is 7. The van der Waals surface area contributed by atoms with Gasteiger partial charge in [0.05, 0.1) is 24.1 Å². The summed E-state index contributed by atoms with van der Waals surface area (Å²) in [5.74, 6) is 1.34. The molecule has 0 aliphatic carbocycles. The lowest BCUT2D eigenvalue weighted by Gasteiger charge is -2.15. The van der Waals surface area contributed by atoms with Crippen LogP contribution in [0.4, 0.5) is 5.82 Å². The predicted molar refractivity (Wildman–Crippen MR) is 141 cm³/mol. The number of ether oxygens (including phenoxy) is 1. The smallest absolute Gasteiger partial charge is 0.267 e.